The van der Waals surface area contributed by atoms with Crippen molar-refractivity contribution in [2.45, 2.75) is 19.3 Å². The van der Waals surface area contributed by atoms with Gasteiger partial charge in [0.2, 0.25) is 10.0 Å². The standard InChI is InChI=1S/C20H25N5O3S/c1-28-17-4-2-16(3-5-17)25-12-8-18-19(22-14-23-20(18)25)24-10-6-15(7-11-24)9-13-29(21,26)27/h2-5,8,12,14-15H,6-7,9-11,13H2,1H3,(H2,21,26,27). The number of sulfonamides is 1. The summed E-state index contributed by atoms with van der Waals surface area (Å²) in [5, 5.41) is 6.14. The highest BCUT2D eigenvalue weighted by Crippen LogP contribution is 2.30. The molecule has 154 valence electrons. The molecule has 2 N–H and O–H groups in total. The van der Waals surface area contributed by atoms with Gasteiger partial charge in [-0.05, 0) is 55.5 Å². The van der Waals surface area contributed by atoms with E-state index in [0.29, 0.717) is 12.3 Å². The van der Waals surface area contributed by atoms with Gasteiger partial charge >= 0.3 is 0 Å². The second-order valence-electron chi connectivity index (χ2n) is 7.40. The number of benzene rings is 1. The maximum Gasteiger partial charge on any atom is 0.209 e. The molecule has 1 saturated heterocycles. The molecule has 1 fully saturated rings. The molecular weight excluding hydrogens is 390 g/mol. The fraction of sp³-hybridized carbons (Fsp3) is 0.400. The number of nitrogens with zero attached hydrogens (tertiary/aromatic N) is 4. The molecule has 1 aliphatic heterocycles. The van der Waals surface area contributed by atoms with E-state index in [1.165, 1.54) is 0 Å². The lowest BCUT2D eigenvalue weighted by Crippen LogP contribution is -2.35. The molecule has 3 aromatic rings. The fourth-order valence-electron chi connectivity index (χ4n) is 3.91. The van der Waals surface area contributed by atoms with Crippen LogP contribution in [0.25, 0.3) is 16.7 Å². The summed E-state index contributed by atoms with van der Waals surface area (Å²) in [6.07, 6.45) is 6.09. The van der Waals surface area contributed by atoms with Crippen molar-refractivity contribution in [3.8, 4) is 11.4 Å². The lowest BCUT2D eigenvalue weighted by Gasteiger charge is -2.33. The third-order valence-corrected chi connectivity index (χ3v) is 6.34. The van der Waals surface area contributed by atoms with Crippen LogP contribution in [0.15, 0.2) is 42.9 Å². The van der Waals surface area contributed by atoms with Gasteiger partial charge in [0, 0.05) is 25.0 Å². The smallest absolute Gasteiger partial charge is 0.209 e. The SMILES string of the molecule is COc1ccc(-n2ccc3c(N4CCC(CCS(N)(=O)=O)CC4)ncnc32)cc1. The molecule has 0 radical (unpaired) electrons. The molecule has 8 nitrogen and oxygen atoms in total. The van der Waals surface area contributed by atoms with E-state index in [4.69, 9.17) is 9.88 Å². The van der Waals surface area contributed by atoms with Crippen molar-refractivity contribution < 1.29 is 13.2 Å². The van der Waals surface area contributed by atoms with Crippen molar-refractivity contribution in [1.29, 1.82) is 0 Å². The molecule has 0 spiro atoms. The lowest BCUT2D eigenvalue weighted by molar-refractivity contribution is 0.394. The van der Waals surface area contributed by atoms with Gasteiger partial charge in [0.15, 0.2) is 0 Å². The number of hydrogen-bond donors (Lipinski definition) is 1. The van der Waals surface area contributed by atoms with E-state index in [2.05, 4.69) is 14.9 Å². The van der Waals surface area contributed by atoms with Crippen LogP contribution in [-0.4, -0.2) is 48.9 Å². The molecule has 0 atom stereocenters. The molecule has 3 heterocycles. The first kappa shape index (κ1) is 19.7. The molecule has 4 rings (SSSR count). The number of fused-ring (bicyclic) bond motifs is 1. The van der Waals surface area contributed by atoms with Gasteiger partial charge in [0.05, 0.1) is 18.2 Å². The van der Waals surface area contributed by atoms with E-state index in [-0.39, 0.29) is 5.75 Å². The molecule has 1 aromatic carbocycles. The van der Waals surface area contributed by atoms with Crippen LogP contribution in [0.3, 0.4) is 0 Å². The molecule has 0 aliphatic carbocycles. The van der Waals surface area contributed by atoms with Crippen LogP contribution in [0.4, 0.5) is 5.82 Å². The van der Waals surface area contributed by atoms with Crippen LogP contribution >= 0.6 is 0 Å². The third-order valence-electron chi connectivity index (χ3n) is 5.54. The molecule has 9 heteroatoms. The van der Waals surface area contributed by atoms with Gasteiger partial charge in [-0.3, -0.25) is 0 Å². The molecule has 29 heavy (non-hydrogen) atoms. The van der Waals surface area contributed by atoms with Crippen LogP contribution in [0.5, 0.6) is 5.75 Å². The highest BCUT2D eigenvalue weighted by atomic mass is 32.2. The van der Waals surface area contributed by atoms with Crippen molar-refractivity contribution in [2.75, 3.05) is 30.9 Å². The third kappa shape index (κ3) is 4.35. The summed E-state index contributed by atoms with van der Waals surface area (Å²) in [7, 11) is -1.74. The molecule has 0 amide bonds. The minimum atomic E-state index is -3.39. The zero-order valence-corrected chi connectivity index (χ0v) is 17.2. The summed E-state index contributed by atoms with van der Waals surface area (Å²) >= 11 is 0. The van der Waals surface area contributed by atoms with Gasteiger partial charge in [0.1, 0.15) is 23.5 Å². The monoisotopic (exact) mass is 415 g/mol. The number of primary sulfonamides is 1. The summed E-state index contributed by atoms with van der Waals surface area (Å²) in [5.41, 5.74) is 1.86. The first-order valence-corrected chi connectivity index (χ1v) is 11.4. The zero-order chi connectivity index (χ0) is 20.4. The number of ether oxygens (including phenoxy) is 1. The summed E-state index contributed by atoms with van der Waals surface area (Å²) in [5.74, 6) is 2.17. The molecule has 0 unspecified atom stereocenters. The van der Waals surface area contributed by atoms with E-state index in [1.54, 1.807) is 13.4 Å². The number of rotatable bonds is 6. The topological polar surface area (TPSA) is 103 Å². The average Bonchev–Trinajstić information content (AvgIpc) is 3.16. The average molecular weight is 416 g/mol. The fourth-order valence-corrected chi connectivity index (χ4v) is 4.57. The summed E-state index contributed by atoms with van der Waals surface area (Å²) in [6.45, 7) is 1.68. The van der Waals surface area contributed by atoms with Crippen LogP contribution in [0, 0.1) is 5.92 Å². The summed E-state index contributed by atoms with van der Waals surface area (Å²) < 4.78 is 29.7. The highest BCUT2D eigenvalue weighted by molar-refractivity contribution is 7.89. The van der Waals surface area contributed by atoms with Crippen molar-refractivity contribution in [3.05, 3.63) is 42.9 Å². The zero-order valence-electron chi connectivity index (χ0n) is 16.4. The second kappa shape index (κ2) is 8.00. The normalized spacial score (nSPS) is 15.7. The maximum atomic E-state index is 11.2. The Bertz CT molecular complexity index is 1090. The van der Waals surface area contributed by atoms with Crippen LogP contribution in [-0.2, 0) is 10.0 Å². The van der Waals surface area contributed by atoms with Gasteiger partial charge in [-0.2, -0.15) is 0 Å². The van der Waals surface area contributed by atoms with Crippen LogP contribution in [0.1, 0.15) is 19.3 Å². The quantitative estimate of drug-likeness (QED) is 0.663. The predicted octanol–water partition coefficient (Wildman–Crippen LogP) is 2.32. The number of aromatic nitrogens is 3. The number of piperidine rings is 1. The molecule has 0 bridgehead atoms. The molecule has 0 saturated carbocycles. The Kier molecular flexibility index (Phi) is 5.42. The number of nitrogens with two attached hydrogens (primary N) is 1. The molecular formula is C20H25N5O3S. The number of anilines is 1. The van der Waals surface area contributed by atoms with Crippen LogP contribution < -0.4 is 14.8 Å². The van der Waals surface area contributed by atoms with Gasteiger partial charge in [0.25, 0.3) is 0 Å². The Morgan fingerprint density at radius 1 is 1.14 bits per heavy atom. The predicted molar refractivity (Wildman–Crippen MR) is 113 cm³/mol. The van der Waals surface area contributed by atoms with E-state index >= 15 is 0 Å². The Hall–Kier alpha value is -2.65. The van der Waals surface area contributed by atoms with E-state index in [0.717, 1.165) is 54.2 Å². The van der Waals surface area contributed by atoms with Gasteiger partial charge < -0.3 is 14.2 Å². The molecule has 2 aromatic heterocycles. The first-order valence-electron chi connectivity index (χ1n) is 9.66. The second-order valence-corrected chi connectivity index (χ2v) is 9.14. The van der Waals surface area contributed by atoms with E-state index in [9.17, 15) is 8.42 Å². The molecule has 1 aliphatic rings. The lowest BCUT2D eigenvalue weighted by atomic mass is 9.94. The van der Waals surface area contributed by atoms with Gasteiger partial charge in [-0.15, -0.1) is 0 Å². The maximum absolute atomic E-state index is 11.2. The Labute approximate surface area is 170 Å². The van der Waals surface area contributed by atoms with Gasteiger partial charge in [-0.25, -0.2) is 23.5 Å². The number of hydrogen-bond acceptors (Lipinski definition) is 6. The Morgan fingerprint density at radius 3 is 2.52 bits per heavy atom. The highest BCUT2D eigenvalue weighted by Gasteiger charge is 2.23. The van der Waals surface area contributed by atoms with Crippen molar-refractivity contribution in [3.63, 3.8) is 0 Å². The van der Waals surface area contributed by atoms with Crippen molar-refractivity contribution in [1.82, 2.24) is 14.5 Å². The van der Waals surface area contributed by atoms with Crippen molar-refractivity contribution in [2.24, 2.45) is 11.1 Å². The summed E-state index contributed by atoms with van der Waals surface area (Å²) in [6, 6.07) is 9.89. The summed E-state index contributed by atoms with van der Waals surface area (Å²) in [4.78, 5) is 11.3. The van der Waals surface area contributed by atoms with Crippen LogP contribution in [0.2, 0.25) is 0 Å². The minimum Gasteiger partial charge on any atom is -0.497 e. The largest absolute Gasteiger partial charge is 0.497 e. The number of methoxy groups -OCH3 is 1. The van der Waals surface area contributed by atoms with E-state index in [1.807, 2.05) is 41.1 Å². The Balaban J connectivity index is 1.53. The van der Waals surface area contributed by atoms with Gasteiger partial charge in [-0.1, -0.05) is 0 Å². The van der Waals surface area contributed by atoms with Crippen molar-refractivity contribution >= 4 is 26.9 Å². The minimum absolute atomic E-state index is 0.0557. The van der Waals surface area contributed by atoms with E-state index < -0.39 is 10.0 Å². The first-order chi connectivity index (χ1) is 13.9. The Morgan fingerprint density at radius 2 is 1.86 bits per heavy atom.